The Morgan fingerprint density at radius 2 is 1.63 bits per heavy atom. The lowest BCUT2D eigenvalue weighted by molar-refractivity contribution is -0.121. The predicted molar refractivity (Wildman–Crippen MR) is 112 cm³/mol. The van der Waals surface area contributed by atoms with E-state index in [9.17, 15) is 4.79 Å². The number of amides is 1. The van der Waals surface area contributed by atoms with E-state index in [2.05, 4.69) is 34.5 Å². The minimum atomic E-state index is 0.00687. The second-order valence-electron chi connectivity index (χ2n) is 7.13. The molecule has 3 rings (SSSR count). The highest BCUT2D eigenvalue weighted by atomic mass is 35.5. The van der Waals surface area contributed by atoms with Gasteiger partial charge in [-0.1, -0.05) is 60.0 Å². The summed E-state index contributed by atoms with van der Waals surface area (Å²) in [5.74, 6) is 0.00687. The number of benzene rings is 2. The number of rotatable bonds is 7. The molecule has 1 saturated heterocycles. The summed E-state index contributed by atoms with van der Waals surface area (Å²) >= 11 is 12.3. The molecule has 1 fully saturated rings. The number of halogens is 2. The molecule has 0 radical (unpaired) electrons. The van der Waals surface area contributed by atoms with E-state index in [1.807, 2.05) is 6.07 Å². The first-order valence-electron chi connectivity index (χ1n) is 9.61. The molecule has 1 aliphatic rings. The van der Waals surface area contributed by atoms with Crippen LogP contribution in [0.25, 0.3) is 0 Å². The van der Waals surface area contributed by atoms with Crippen molar-refractivity contribution in [3.05, 3.63) is 69.2 Å². The van der Waals surface area contributed by atoms with Gasteiger partial charge in [-0.2, -0.15) is 0 Å². The fraction of sp³-hybridized carbons (Fsp3) is 0.409. The van der Waals surface area contributed by atoms with Crippen LogP contribution in [0.3, 0.4) is 0 Å². The third-order valence-electron chi connectivity index (χ3n) is 5.00. The Hall–Kier alpha value is -1.55. The standard InChI is InChI=1S/C22H26Cl2N2O/c23-20-8-5-9-21(24)19(20)10-11-22(27)25-15-17-6-4-7-18(14-17)16-26-12-2-1-3-13-26/h4-9,14H,1-3,10-13,15-16H2,(H,25,27). The van der Waals surface area contributed by atoms with Gasteiger partial charge in [0.1, 0.15) is 0 Å². The van der Waals surface area contributed by atoms with Gasteiger partial charge in [0.2, 0.25) is 5.91 Å². The maximum atomic E-state index is 12.2. The van der Waals surface area contributed by atoms with Gasteiger partial charge in [0.25, 0.3) is 0 Å². The van der Waals surface area contributed by atoms with Crippen LogP contribution in [-0.2, 0) is 24.3 Å². The van der Waals surface area contributed by atoms with Gasteiger partial charge in [-0.3, -0.25) is 9.69 Å². The summed E-state index contributed by atoms with van der Waals surface area (Å²) in [6, 6.07) is 13.9. The summed E-state index contributed by atoms with van der Waals surface area (Å²) in [6.07, 6.45) is 4.86. The first-order valence-corrected chi connectivity index (χ1v) is 10.4. The average molecular weight is 405 g/mol. The highest BCUT2D eigenvalue weighted by molar-refractivity contribution is 6.36. The fourth-order valence-corrected chi connectivity index (χ4v) is 4.10. The molecule has 1 amide bonds. The van der Waals surface area contributed by atoms with Crippen molar-refractivity contribution in [2.75, 3.05) is 13.1 Å². The number of carbonyl (C=O) groups is 1. The van der Waals surface area contributed by atoms with Crippen LogP contribution in [0.15, 0.2) is 42.5 Å². The smallest absolute Gasteiger partial charge is 0.220 e. The van der Waals surface area contributed by atoms with Crippen molar-refractivity contribution in [1.82, 2.24) is 10.2 Å². The fourth-order valence-electron chi connectivity index (χ4n) is 3.51. The Kier molecular flexibility index (Phi) is 7.57. The van der Waals surface area contributed by atoms with Gasteiger partial charge in [-0.05, 0) is 61.2 Å². The molecule has 5 heteroatoms. The average Bonchev–Trinajstić information content (AvgIpc) is 2.67. The van der Waals surface area contributed by atoms with Crippen molar-refractivity contribution >= 4 is 29.1 Å². The topological polar surface area (TPSA) is 32.3 Å². The molecule has 27 heavy (non-hydrogen) atoms. The SMILES string of the molecule is O=C(CCc1c(Cl)cccc1Cl)NCc1cccc(CN2CCCCC2)c1. The summed E-state index contributed by atoms with van der Waals surface area (Å²) in [4.78, 5) is 14.7. The van der Waals surface area contributed by atoms with Gasteiger partial charge in [-0.25, -0.2) is 0 Å². The summed E-state index contributed by atoms with van der Waals surface area (Å²) < 4.78 is 0. The summed E-state index contributed by atoms with van der Waals surface area (Å²) in [7, 11) is 0. The zero-order valence-electron chi connectivity index (χ0n) is 15.5. The lowest BCUT2D eigenvalue weighted by Crippen LogP contribution is -2.29. The number of likely N-dealkylation sites (tertiary alicyclic amines) is 1. The lowest BCUT2D eigenvalue weighted by atomic mass is 10.1. The van der Waals surface area contributed by atoms with Crippen LogP contribution < -0.4 is 5.32 Å². The molecule has 0 aromatic heterocycles. The number of nitrogens with zero attached hydrogens (tertiary/aromatic N) is 1. The van der Waals surface area contributed by atoms with E-state index in [0.717, 1.165) is 17.7 Å². The van der Waals surface area contributed by atoms with Gasteiger partial charge in [0, 0.05) is 29.6 Å². The summed E-state index contributed by atoms with van der Waals surface area (Å²) in [5, 5.41) is 4.22. The monoisotopic (exact) mass is 404 g/mol. The van der Waals surface area contributed by atoms with Crippen LogP contribution in [0.2, 0.25) is 10.0 Å². The molecule has 1 aliphatic heterocycles. The highest BCUT2D eigenvalue weighted by Crippen LogP contribution is 2.25. The maximum absolute atomic E-state index is 12.2. The molecular formula is C22H26Cl2N2O. The van der Waals surface area contributed by atoms with Crippen molar-refractivity contribution in [1.29, 1.82) is 0 Å². The largest absolute Gasteiger partial charge is 0.352 e. The quantitative estimate of drug-likeness (QED) is 0.684. The minimum Gasteiger partial charge on any atom is -0.352 e. The zero-order chi connectivity index (χ0) is 19.1. The van der Waals surface area contributed by atoms with Crippen molar-refractivity contribution in [3.8, 4) is 0 Å². The Morgan fingerprint density at radius 3 is 2.37 bits per heavy atom. The van der Waals surface area contributed by atoms with Crippen LogP contribution in [0, 0.1) is 0 Å². The zero-order valence-corrected chi connectivity index (χ0v) is 17.0. The lowest BCUT2D eigenvalue weighted by Gasteiger charge is -2.26. The number of hydrogen-bond donors (Lipinski definition) is 1. The Labute approximate surface area is 171 Å². The van der Waals surface area contributed by atoms with Gasteiger partial charge < -0.3 is 5.32 Å². The number of nitrogens with one attached hydrogen (secondary N) is 1. The third-order valence-corrected chi connectivity index (χ3v) is 5.71. The highest BCUT2D eigenvalue weighted by Gasteiger charge is 2.11. The Bertz CT molecular complexity index is 752. The van der Waals surface area contributed by atoms with E-state index in [1.54, 1.807) is 12.1 Å². The van der Waals surface area contributed by atoms with E-state index in [4.69, 9.17) is 23.2 Å². The second-order valence-corrected chi connectivity index (χ2v) is 7.95. The summed E-state index contributed by atoms with van der Waals surface area (Å²) in [6.45, 7) is 3.91. The van der Waals surface area contributed by atoms with E-state index in [0.29, 0.717) is 29.4 Å². The minimum absolute atomic E-state index is 0.00687. The summed E-state index contributed by atoms with van der Waals surface area (Å²) in [5.41, 5.74) is 3.28. The number of carbonyl (C=O) groups excluding carboxylic acids is 1. The molecule has 2 aromatic rings. The Balaban J connectivity index is 1.47. The molecule has 1 heterocycles. The van der Waals surface area contributed by atoms with Gasteiger partial charge in [-0.15, -0.1) is 0 Å². The first-order chi connectivity index (χ1) is 13.1. The van der Waals surface area contributed by atoms with Crippen molar-refractivity contribution in [3.63, 3.8) is 0 Å². The van der Waals surface area contributed by atoms with Crippen LogP contribution in [-0.4, -0.2) is 23.9 Å². The molecule has 2 aromatic carbocycles. The Morgan fingerprint density at radius 1 is 0.963 bits per heavy atom. The molecule has 0 spiro atoms. The molecule has 0 saturated carbocycles. The van der Waals surface area contributed by atoms with Crippen LogP contribution >= 0.6 is 23.2 Å². The van der Waals surface area contributed by atoms with Crippen LogP contribution in [0.4, 0.5) is 0 Å². The molecule has 1 N–H and O–H groups in total. The molecule has 0 bridgehead atoms. The van der Waals surface area contributed by atoms with Crippen molar-refractivity contribution in [2.45, 2.75) is 45.2 Å². The molecule has 3 nitrogen and oxygen atoms in total. The second kappa shape index (κ2) is 10.1. The molecule has 0 atom stereocenters. The first kappa shape index (κ1) is 20.2. The number of piperidine rings is 1. The van der Waals surface area contributed by atoms with Crippen molar-refractivity contribution in [2.24, 2.45) is 0 Å². The maximum Gasteiger partial charge on any atom is 0.220 e. The number of hydrogen-bond acceptors (Lipinski definition) is 2. The van der Waals surface area contributed by atoms with Crippen LogP contribution in [0.1, 0.15) is 42.4 Å². The van der Waals surface area contributed by atoms with Crippen molar-refractivity contribution < 1.29 is 4.79 Å². The van der Waals surface area contributed by atoms with Crippen LogP contribution in [0.5, 0.6) is 0 Å². The van der Waals surface area contributed by atoms with Gasteiger partial charge >= 0.3 is 0 Å². The third kappa shape index (κ3) is 6.24. The molecule has 0 aliphatic carbocycles. The van der Waals surface area contributed by atoms with E-state index in [1.165, 1.54) is 37.9 Å². The molecule has 144 valence electrons. The molecule has 0 unspecified atom stereocenters. The van der Waals surface area contributed by atoms with E-state index < -0.39 is 0 Å². The van der Waals surface area contributed by atoms with Gasteiger partial charge in [0.15, 0.2) is 0 Å². The molecular weight excluding hydrogens is 379 g/mol. The predicted octanol–water partition coefficient (Wildman–Crippen LogP) is 5.23. The van der Waals surface area contributed by atoms with E-state index >= 15 is 0 Å². The van der Waals surface area contributed by atoms with E-state index in [-0.39, 0.29) is 5.91 Å². The normalized spacial score (nSPS) is 14.9. The van der Waals surface area contributed by atoms with Gasteiger partial charge in [0.05, 0.1) is 0 Å².